The maximum absolute atomic E-state index is 4.56. The molecule has 4 aliphatic rings. The van der Waals surface area contributed by atoms with Crippen LogP contribution in [0.2, 0.25) is 0 Å². The SMILES string of the molecule is C[N-]C1CCCCC1.C[N-]C1CCCCC1.Cc1cccc(C)c1N=[C-]N(C)C1CCCCC1.Cc1cccc(C)c1N=[C-]N(C)C1CCCCC1.[Zr+4]. The van der Waals surface area contributed by atoms with Crippen molar-refractivity contribution in [2.45, 2.75) is 180 Å². The van der Waals surface area contributed by atoms with Crippen LogP contribution in [0.1, 0.15) is 151 Å². The van der Waals surface area contributed by atoms with Crippen molar-refractivity contribution in [3.05, 3.63) is 69.3 Å². The van der Waals surface area contributed by atoms with E-state index >= 15 is 0 Å². The molecule has 2 aromatic rings. The molecular formula is C46H74N6Zr. The fourth-order valence-corrected chi connectivity index (χ4v) is 8.00. The maximum Gasteiger partial charge on any atom is 4.00 e. The van der Waals surface area contributed by atoms with Gasteiger partial charge >= 0.3 is 26.2 Å². The van der Waals surface area contributed by atoms with E-state index in [1.165, 1.54) is 151 Å². The second kappa shape index (κ2) is 27.7. The summed E-state index contributed by atoms with van der Waals surface area (Å²) in [6.45, 7) is 8.42. The zero-order chi connectivity index (χ0) is 37.6. The molecule has 0 amide bonds. The molecule has 6 rings (SSSR count). The van der Waals surface area contributed by atoms with Crippen molar-refractivity contribution >= 4 is 24.1 Å². The number of aryl methyl sites for hydroxylation is 4. The molecule has 0 bridgehead atoms. The average molecular weight is 802 g/mol. The van der Waals surface area contributed by atoms with E-state index < -0.39 is 0 Å². The maximum atomic E-state index is 4.56. The molecule has 292 valence electrons. The first kappa shape index (κ1) is 47.3. The van der Waals surface area contributed by atoms with Crippen LogP contribution in [0.5, 0.6) is 0 Å². The van der Waals surface area contributed by atoms with E-state index in [1.54, 1.807) is 0 Å². The predicted molar refractivity (Wildman–Crippen MR) is 228 cm³/mol. The molecule has 0 atom stereocenters. The number of aliphatic imine (C=N–C) groups is 2. The molecule has 0 aromatic heterocycles. The van der Waals surface area contributed by atoms with Crippen LogP contribution in [-0.4, -0.2) is 74.8 Å². The summed E-state index contributed by atoms with van der Waals surface area (Å²) in [4.78, 5) is 13.5. The Labute approximate surface area is 346 Å². The third-order valence-electron chi connectivity index (χ3n) is 11.6. The second-order valence-electron chi connectivity index (χ2n) is 15.8. The molecule has 0 radical (unpaired) electrons. The Hall–Kier alpha value is -1.82. The fraction of sp³-hybridized carbons (Fsp3) is 0.696. The van der Waals surface area contributed by atoms with Crippen molar-refractivity contribution in [1.82, 2.24) is 9.80 Å². The van der Waals surface area contributed by atoms with Crippen molar-refractivity contribution in [1.29, 1.82) is 0 Å². The summed E-state index contributed by atoms with van der Waals surface area (Å²) < 4.78 is 0. The van der Waals surface area contributed by atoms with Crippen LogP contribution >= 0.6 is 0 Å². The standard InChI is InChI=1S/2C16H23N2.2C7H14N.Zr/c2*1-13-8-7-9-14(2)16(13)17-12-18(3)15-10-5-4-6-11-15;2*1-8-7-5-3-2-4-6-7;/h2*7-9,15H,4-6,10-11H2,1-3H3;2*7H,2-6H2,1H3;/q4*-1;+4. The van der Waals surface area contributed by atoms with E-state index in [-0.39, 0.29) is 26.2 Å². The van der Waals surface area contributed by atoms with E-state index in [4.69, 9.17) is 0 Å². The van der Waals surface area contributed by atoms with Gasteiger partial charge in [0.25, 0.3) is 0 Å². The van der Waals surface area contributed by atoms with E-state index in [1.807, 2.05) is 14.1 Å². The van der Waals surface area contributed by atoms with Crippen LogP contribution in [0, 0.1) is 27.7 Å². The number of rotatable bonds is 8. The summed E-state index contributed by atoms with van der Waals surface area (Å²) in [6, 6.07) is 15.3. The number of nitrogens with zero attached hydrogens (tertiary/aromatic N) is 6. The van der Waals surface area contributed by atoms with Crippen LogP contribution in [0.25, 0.3) is 10.6 Å². The Morgan fingerprint density at radius 3 is 0.981 bits per heavy atom. The van der Waals surface area contributed by atoms with Crippen LogP contribution in [0.15, 0.2) is 46.4 Å². The quantitative estimate of drug-likeness (QED) is 0.116. The molecule has 0 spiro atoms. The van der Waals surface area contributed by atoms with Gasteiger partial charge in [-0.2, -0.15) is 14.1 Å². The zero-order valence-electron chi connectivity index (χ0n) is 35.1. The topological polar surface area (TPSA) is 59.4 Å². The van der Waals surface area contributed by atoms with Crippen LogP contribution in [0.3, 0.4) is 0 Å². The van der Waals surface area contributed by atoms with Gasteiger partial charge in [-0.05, 0) is 39.8 Å². The first-order valence-corrected chi connectivity index (χ1v) is 20.9. The molecule has 0 saturated heterocycles. The number of para-hydroxylation sites is 2. The van der Waals surface area contributed by atoms with Gasteiger partial charge < -0.3 is 30.4 Å². The molecule has 0 unspecified atom stereocenters. The van der Waals surface area contributed by atoms with Gasteiger partial charge in [0.1, 0.15) is 0 Å². The van der Waals surface area contributed by atoms with Crippen molar-refractivity contribution in [2.24, 2.45) is 9.98 Å². The smallest absolute Gasteiger partial charge is 0.662 e. The second-order valence-corrected chi connectivity index (χ2v) is 15.8. The third kappa shape index (κ3) is 18.1. The predicted octanol–water partition coefficient (Wildman–Crippen LogP) is 12.9. The van der Waals surface area contributed by atoms with Crippen molar-refractivity contribution in [3.63, 3.8) is 0 Å². The summed E-state index contributed by atoms with van der Waals surface area (Å²) in [5.41, 5.74) is 7.03. The molecule has 7 heteroatoms. The first-order chi connectivity index (χ1) is 25.2. The minimum absolute atomic E-state index is 0. The number of hydrogen-bond donors (Lipinski definition) is 0. The number of benzene rings is 2. The van der Waals surface area contributed by atoms with Crippen LogP contribution in [0.4, 0.5) is 11.4 Å². The van der Waals surface area contributed by atoms with E-state index in [2.05, 4.69) is 121 Å². The number of hydrogen-bond acceptors (Lipinski definition) is 2. The minimum Gasteiger partial charge on any atom is -0.662 e. The fourth-order valence-electron chi connectivity index (χ4n) is 8.00. The summed E-state index contributed by atoms with van der Waals surface area (Å²) in [5.74, 6) is 0. The summed E-state index contributed by atoms with van der Waals surface area (Å²) in [7, 11) is 8.09. The Morgan fingerprint density at radius 1 is 0.472 bits per heavy atom. The molecular weight excluding hydrogens is 728 g/mol. The Bertz CT molecular complexity index is 1150. The molecule has 6 nitrogen and oxygen atoms in total. The molecule has 0 N–H and O–H groups in total. The van der Waals surface area contributed by atoms with Crippen molar-refractivity contribution in [3.8, 4) is 0 Å². The van der Waals surface area contributed by atoms with Gasteiger partial charge in [0, 0.05) is 12.1 Å². The Morgan fingerprint density at radius 2 is 0.736 bits per heavy atom. The van der Waals surface area contributed by atoms with E-state index in [0.717, 1.165) is 11.4 Å². The molecule has 4 aliphatic carbocycles. The van der Waals surface area contributed by atoms with Crippen LogP contribution < -0.4 is 0 Å². The summed E-state index contributed by atoms with van der Waals surface area (Å²) in [5, 5.41) is 8.50. The zero-order valence-corrected chi connectivity index (χ0v) is 37.6. The van der Waals surface area contributed by atoms with Gasteiger partial charge in [-0.3, -0.25) is 0 Å². The van der Waals surface area contributed by atoms with Gasteiger partial charge in [-0.15, -0.1) is 34.3 Å². The van der Waals surface area contributed by atoms with E-state index in [9.17, 15) is 0 Å². The van der Waals surface area contributed by atoms with Gasteiger partial charge in [-0.1, -0.05) is 191 Å². The summed E-state index contributed by atoms with van der Waals surface area (Å²) in [6.07, 6.45) is 33.6. The molecule has 4 fully saturated rings. The largest absolute Gasteiger partial charge is 4.00 e. The molecule has 4 saturated carbocycles. The first-order valence-electron chi connectivity index (χ1n) is 20.9. The molecule has 53 heavy (non-hydrogen) atoms. The van der Waals surface area contributed by atoms with Gasteiger partial charge in [0.15, 0.2) is 0 Å². The minimum atomic E-state index is 0. The molecule has 0 aliphatic heterocycles. The van der Waals surface area contributed by atoms with E-state index in [0.29, 0.717) is 24.2 Å². The molecule has 0 heterocycles. The Kier molecular flexibility index (Phi) is 24.8. The van der Waals surface area contributed by atoms with Gasteiger partial charge in [-0.25, -0.2) is 0 Å². The monoisotopic (exact) mass is 801 g/mol. The normalized spacial score (nSPS) is 18.9. The summed E-state index contributed by atoms with van der Waals surface area (Å²) >= 11 is 0. The average Bonchev–Trinajstić information content (AvgIpc) is 3.19. The van der Waals surface area contributed by atoms with Gasteiger partial charge in [0.05, 0.1) is 0 Å². The van der Waals surface area contributed by atoms with Crippen molar-refractivity contribution in [2.75, 3.05) is 28.2 Å². The van der Waals surface area contributed by atoms with Gasteiger partial charge in [0.2, 0.25) is 0 Å². The van der Waals surface area contributed by atoms with Crippen molar-refractivity contribution < 1.29 is 26.2 Å². The molecule has 2 aromatic carbocycles. The van der Waals surface area contributed by atoms with Crippen LogP contribution in [-0.2, 0) is 26.2 Å². The Balaban J connectivity index is 0.000000259. The third-order valence-corrected chi connectivity index (χ3v) is 11.6.